The van der Waals surface area contributed by atoms with Crippen LogP contribution in [0.3, 0.4) is 0 Å². The summed E-state index contributed by atoms with van der Waals surface area (Å²) in [6, 6.07) is 15.7. The fraction of sp³-hybridized carbons (Fsp3) is 0.419. The smallest absolute Gasteiger partial charge is 0.408 e. The Labute approximate surface area is 245 Å². The summed E-state index contributed by atoms with van der Waals surface area (Å²) in [5.74, 6) is -1.89. The van der Waals surface area contributed by atoms with Crippen LogP contribution in [-0.4, -0.2) is 63.5 Å². The number of amides is 3. The molecule has 1 saturated heterocycles. The number of nitrogens with one attached hydrogen (secondary N) is 2. The first-order valence-corrected chi connectivity index (χ1v) is 14.2. The van der Waals surface area contributed by atoms with Crippen molar-refractivity contribution in [3.8, 4) is 11.5 Å². The zero-order valence-electron chi connectivity index (χ0n) is 24.3. The molecule has 3 amide bonds. The summed E-state index contributed by atoms with van der Waals surface area (Å²) in [5, 5.41) is 13.4. The number of ether oxygens (including phenoxy) is 1. The highest BCUT2D eigenvalue weighted by molar-refractivity contribution is 6.00. The third-order valence-corrected chi connectivity index (χ3v) is 7.16. The molecule has 2 heterocycles. The van der Waals surface area contributed by atoms with Crippen LogP contribution in [0.5, 0.6) is 0 Å². The van der Waals surface area contributed by atoms with E-state index in [4.69, 9.17) is 9.15 Å². The SMILES string of the molecule is CC(C)[C@H](NC(=O)OCc1ccccc1)C(=O)N1CCC[C@H]1C(=O)N[C@@H](C(=O)c1nnc(-c2ccccc2)o1)C(C)C. The van der Waals surface area contributed by atoms with Crippen LogP contribution in [-0.2, 0) is 20.9 Å². The van der Waals surface area contributed by atoms with E-state index in [2.05, 4.69) is 20.8 Å². The second kappa shape index (κ2) is 13.9. The van der Waals surface area contributed by atoms with Crippen molar-refractivity contribution in [2.75, 3.05) is 6.54 Å². The Balaban J connectivity index is 1.41. The monoisotopic (exact) mass is 575 g/mol. The summed E-state index contributed by atoms with van der Waals surface area (Å²) < 4.78 is 10.9. The Morgan fingerprint density at radius 1 is 0.905 bits per heavy atom. The van der Waals surface area contributed by atoms with E-state index in [1.807, 2.05) is 62.4 Å². The standard InChI is InChI=1S/C31H37N5O6/c1-19(2)24(26(37)29-35-34-28(42-29)22-14-9-6-10-15-22)32-27(38)23-16-11-17-36(23)30(39)25(20(3)4)33-31(40)41-18-21-12-7-5-8-13-21/h5-10,12-15,19-20,23-25H,11,16-18H2,1-4H3,(H,32,38)(H,33,40)/t23-,24+,25-/m0/s1. The Hall–Kier alpha value is -4.54. The highest BCUT2D eigenvalue weighted by atomic mass is 16.5. The fourth-order valence-electron chi connectivity index (χ4n) is 4.82. The molecule has 222 valence electrons. The second-order valence-electron chi connectivity index (χ2n) is 11.0. The van der Waals surface area contributed by atoms with Gasteiger partial charge in [0.25, 0.3) is 5.89 Å². The molecule has 0 aliphatic carbocycles. The van der Waals surface area contributed by atoms with Crippen molar-refractivity contribution in [2.24, 2.45) is 11.8 Å². The number of aromatic nitrogens is 2. The van der Waals surface area contributed by atoms with Gasteiger partial charge in [0.1, 0.15) is 18.7 Å². The summed E-state index contributed by atoms with van der Waals surface area (Å²) in [6.07, 6.45) is 0.321. The van der Waals surface area contributed by atoms with E-state index in [-0.39, 0.29) is 36.1 Å². The van der Waals surface area contributed by atoms with Gasteiger partial charge in [-0.25, -0.2) is 4.79 Å². The van der Waals surface area contributed by atoms with E-state index in [9.17, 15) is 19.2 Å². The molecule has 1 aromatic heterocycles. The van der Waals surface area contributed by atoms with E-state index < -0.39 is 35.9 Å². The predicted octanol–water partition coefficient (Wildman–Crippen LogP) is 4.00. The summed E-state index contributed by atoms with van der Waals surface area (Å²) in [5.41, 5.74) is 1.49. The molecule has 1 aliphatic heterocycles. The number of likely N-dealkylation sites (tertiary alicyclic amines) is 1. The Bertz CT molecular complexity index is 1370. The predicted molar refractivity (Wildman–Crippen MR) is 154 cm³/mol. The summed E-state index contributed by atoms with van der Waals surface area (Å²) in [4.78, 5) is 54.4. The van der Waals surface area contributed by atoms with Crippen molar-refractivity contribution in [1.29, 1.82) is 0 Å². The average Bonchev–Trinajstić information content (AvgIpc) is 3.68. The van der Waals surface area contributed by atoms with Gasteiger partial charge in [0.05, 0.1) is 6.04 Å². The first-order valence-electron chi connectivity index (χ1n) is 14.2. The minimum atomic E-state index is -0.939. The molecule has 0 radical (unpaired) electrons. The molecule has 11 heteroatoms. The number of nitrogens with zero attached hydrogens (tertiary/aromatic N) is 3. The van der Waals surface area contributed by atoms with E-state index in [0.29, 0.717) is 24.9 Å². The van der Waals surface area contributed by atoms with Crippen LogP contribution in [0.1, 0.15) is 56.8 Å². The van der Waals surface area contributed by atoms with Crippen molar-refractivity contribution in [2.45, 2.75) is 65.3 Å². The third-order valence-electron chi connectivity index (χ3n) is 7.16. The van der Waals surface area contributed by atoms with E-state index in [1.54, 1.807) is 26.0 Å². The van der Waals surface area contributed by atoms with Crippen LogP contribution in [0, 0.1) is 11.8 Å². The number of carbonyl (C=O) groups is 4. The maximum Gasteiger partial charge on any atom is 0.408 e. The van der Waals surface area contributed by atoms with Gasteiger partial charge in [-0.15, -0.1) is 10.2 Å². The van der Waals surface area contributed by atoms with Crippen LogP contribution < -0.4 is 10.6 Å². The molecule has 1 aliphatic rings. The minimum absolute atomic E-state index is 0.0674. The van der Waals surface area contributed by atoms with Gasteiger partial charge in [-0.05, 0) is 42.4 Å². The molecule has 4 rings (SSSR count). The van der Waals surface area contributed by atoms with E-state index in [0.717, 1.165) is 5.56 Å². The second-order valence-corrected chi connectivity index (χ2v) is 11.0. The molecule has 11 nitrogen and oxygen atoms in total. The first-order chi connectivity index (χ1) is 20.2. The van der Waals surface area contributed by atoms with E-state index >= 15 is 0 Å². The van der Waals surface area contributed by atoms with Crippen LogP contribution in [0.25, 0.3) is 11.5 Å². The van der Waals surface area contributed by atoms with Crippen LogP contribution >= 0.6 is 0 Å². The zero-order chi connectivity index (χ0) is 30.2. The lowest BCUT2D eigenvalue weighted by atomic mass is 9.98. The van der Waals surface area contributed by atoms with Crippen molar-refractivity contribution >= 4 is 23.7 Å². The Morgan fingerprint density at radius 2 is 1.55 bits per heavy atom. The van der Waals surface area contributed by atoms with Crippen molar-refractivity contribution in [1.82, 2.24) is 25.7 Å². The van der Waals surface area contributed by atoms with Crippen LogP contribution in [0.15, 0.2) is 65.1 Å². The van der Waals surface area contributed by atoms with Gasteiger partial charge in [-0.3, -0.25) is 14.4 Å². The number of carbonyl (C=O) groups excluding carboxylic acids is 4. The normalized spacial score (nSPS) is 16.2. The average molecular weight is 576 g/mol. The lowest BCUT2D eigenvalue weighted by Gasteiger charge is -2.31. The number of alkyl carbamates (subject to hydrolysis) is 1. The highest BCUT2D eigenvalue weighted by Crippen LogP contribution is 2.23. The van der Waals surface area contributed by atoms with E-state index in [1.165, 1.54) is 4.90 Å². The quantitative estimate of drug-likeness (QED) is 0.327. The molecule has 42 heavy (non-hydrogen) atoms. The van der Waals surface area contributed by atoms with Gasteiger partial charge >= 0.3 is 6.09 Å². The molecule has 0 spiro atoms. The number of benzene rings is 2. The molecule has 3 aromatic rings. The van der Waals surface area contributed by atoms with Crippen molar-refractivity contribution < 1.29 is 28.3 Å². The maximum atomic E-state index is 13.6. The number of rotatable bonds is 11. The fourth-order valence-corrected chi connectivity index (χ4v) is 4.82. The largest absolute Gasteiger partial charge is 0.445 e. The third kappa shape index (κ3) is 7.39. The van der Waals surface area contributed by atoms with Crippen molar-refractivity contribution in [3.05, 3.63) is 72.1 Å². The molecule has 0 bridgehead atoms. The lowest BCUT2D eigenvalue weighted by molar-refractivity contribution is -0.141. The zero-order valence-corrected chi connectivity index (χ0v) is 24.3. The van der Waals surface area contributed by atoms with Gasteiger partial charge in [-0.2, -0.15) is 0 Å². The summed E-state index contributed by atoms with van der Waals surface area (Å²) in [6.45, 7) is 7.64. The molecule has 2 aromatic carbocycles. The Kier molecular flexibility index (Phi) is 10.1. The molecule has 0 unspecified atom stereocenters. The van der Waals surface area contributed by atoms with Crippen LogP contribution in [0.2, 0.25) is 0 Å². The number of hydrogen-bond acceptors (Lipinski definition) is 8. The van der Waals surface area contributed by atoms with Gasteiger partial charge < -0.3 is 24.7 Å². The van der Waals surface area contributed by atoms with Gasteiger partial charge in [-0.1, -0.05) is 76.2 Å². The minimum Gasteiger partial charge on any atom is -0.445 e. The van der Waals surface area contributed by atoms with Gasteiger partial charge in [0.2, 0.25) is 23.5 Å². The van der Waals surface area contributed by atoms with Crippen molar-refractivity contribution in [3.63, 3.8) is 0 Å². The summed E-state index contributed by atoms with van der Waals surface area (Å²) >= 11 is 0. The molecule has 0 saturated carbocycles. The molecule has 1 fully saturated rings. The first kappa shape index (κ1) is 30.4. The van der Waals surface area contributed by atoms with Gasteiger partial charge in [0.15, 0.2) is 0 Å². The molecular formula is C31H37N5O6. The number of hydrogen-bond donors (Lipinski definition) is 2. The number of ketones is 1. The topological polar surface area (TPSA) is 144 Å². The number of Topliss-reactive ketones (excluding diaryl/α,β-unsaturated/α-hetero) is 1. The maximum absolute atomic E-state index is 13.6. The molecule has 2 N–H and O–H groups in total. The highest BCUT2D eigenvalue weighted by Gasteiger charge is 2.40. The molecule has 3 atom stereocenters. The summed E-state index contributed by atoms with van der Waals surface area (Å²) in [7, 11) is 0. The Morgan fingerprint density at radius 3 is 2.19 bits per heavy atom. The molecular weight excluding hydrogens is 538 g/mol. The lowest BCUT2D eigenvalue weighted by Crippen LogP contribution is -2.57. The van der Waals surface area contributed by atoms with Crippen LogP contribution in [0.4, 0.5) is 4.79 Å². The van der Waals surface area contributed by atoms with Gasteiger partial charge in [0, 0.05) is 12.1 Å².